The van der Waals surface area contributed by atoms with Gasteiger partial charge < -0.3 is 36.0 Å². The summed E-state index contributed by atoms with van der Waals surface area (Å²) < 4.78 is 45.6. The highest BCUT2D eigenvalue weighted by Crippen LogP contribution is 2.21. The summed E-state index contributed by atoms with van der Waals surface area (Å²) in [5, 5.41) is 0. The Labute approximate surface area is 233 Å². The lowest BCUT2D eigenvalue weighted by Gasteiger charge is -2.28. The van der Waals surface area contributed by atoms with Crippen molar-refractivity contribution in [2.45, 2.75) is 105 Å². The first-order chi connectivity index (χ1) is 18.4. The van der Waals surface area contributed by atoms with Crippen LogP contribution in [0, 0.1) is 0 Å². The molecule has 0 rings (SSSR count). The first-order valence-corrected chi connectivity index (χ1v) is 18.4. The molecule has 0 bridgehead atoms. The van der Waals surface area contributed by atoms with Crippen molar-refractivity contribution in [1.82, 2.24) is 0 Å². The summed E-state index contributed by atoms with van der Waals surface area (Å²) >= 11 is 0. The van der Waals surface area contributed by atoms with Crippen LogP contribution in [-0.4, -0.2) is 82.4 Å². The Bertz CT molecular complexity index is 510. The van der Waals surface area contributed by atoms with Crippen molar-refractivity contribution in [3.63, 3.8) is 0 Å². The van der Waals surface area contributed by atoms with E-state index in [9.17, 15) is 9.59 Å². The van der Waals surface area contributed by atoms with E-state index in [2.05, 4.69) is 0 Å². The average molecular weight is 583 g/mol. The van der Waals surface area contributed by atoms with E-state index in [1.807, 2.05) is 41.5 Å². The number of carbonyl (C=O) groups is 2. The van der Waals surface area contributed by atoms with Crippen LogP contribution in [0.5, 0.6) is 0 Å². The predicted octanol–water partition coefficient (Wildman–Crippen LogP) is 5.29. The molecule has 0 saturated carbocycles. The molecule has 38 heavy (non-hydrogen) atoms. The van der Waals surface area contributed by atoms with Crippen molar-refractivity contribution >= 4 is 29.5 Å². The van der Waals surface area contributed by atoms with Gasteiger partial charge >= 0.3 is 29.5 Å². The van der Waals surface area contributed by atoms with Crippen LogP contribution < -0.4 is 0 Å². The van der Waals surface area contributed by atoms with Crippen LogP contribution in [0.2, 0.25) is 12.1 Å². The largest absolute Gasteiger partial charge is 0.500 e. The standard InChI is InChI=1S/C26H54O10Si2/c1-7-31-37(32-8-2,33-9-3)23-17-13-15-21-29-25(27)19-20-26(28)30-22-16-14-18-24-38(34-10-4,35-11-5)36-12-6/h7-24H2,1-6H3. The zero-order valence-corrected chi connectivity index (χ0v) is 26.8. The van der Waals surface area contributed by atoms with Gasteiger partial charge in [-0.25, -0.2) is 0 Å². The molecule has 0 aliphatic rings. The van der Waals surface area contributed by atoms with E-state index in [0.29, 0.717) is 52.9 Å². The third-order valence-electron chi connectivity index (χ3n) is 5.50. The van der Waals surface area contributed by atoms with E-state index in [4.69, 9.17) is 36.0 Å². The maximum absolute atomic E-state index is 11.9. The molecular weight excluding hydrogens is 528 g/mol. The van der Waals surface area contributed by atoms with Crippen molar-refractivity contribution < 1.29 is 45.6 Å². The fourth-order valence-electron chi connectivity index (χ4n) is 3.96. The van der Waals surface area contributed by atoms with Crippen LogP contribution in [-0.2, 0) is 45.6 Å². The number of carbonyl (C=O) groups excluding carboxylic acids is 2. The number of rotatable bonds is 27. The maximum Gasteiger partial charge on any atom is 0.500 e. The maximum atomic E-state index is 11.9. The van der Waals surface area contributed by atoms with Gasteiger partial charge in [-0.3, -0.25) is 9.59 Å². The van der Waals surface area contributed by atoms with Gasteiger partial charge in [-0.1, -0.05) is 12.8 Å². The molecule has 0 aliphatic heterocycles. The minimum absolute atomic E-state index is 0.0269. The normalized spacial score (nSPS) is 12.1. The fourth-order valence-corrected chi connectivity index (χ4v) is 9.33. The lowest BCUT2D eigenvalue weighted by molar-refractivity contribution is -0.150. The third kappa shape index (κ3) is 17.7. The van der Waals surface area contributed by atoms with Gasteiger partial charge in [0.15, 0.2) is 0 Å². The van der Waals surface area contributed by atoms with Gasteiger partial charge in [0, 0.05) is 51.7 Å². The summed E-state index contributed by atoms with van der Waals surface area (Å²) in [5.41, 5.74) is 0. The highest BCUT2D eigenvalue weighted by molar-refractivity contribution is 6.61. The molecule has 0 aromatic rings. The van der Waals surface area contributed by atoms with E-state index < -0.39 is 17.6 Å². The van der Waals surface area contributed by atoms with Crippen molar-refractivity contribution in [3.8, 4) is 0 Å². The predicted molar refractivity (Wildman–Crippen MR) is 150 cm³/mol. The van der Waals surface area contributed by atoms with E-state index in [-0.39, 0.29) is 24.8 Å². The van der Waals surface area contributed by atoms with Crippen LogP contribution in [0.3, 0.4) is 0 Å². The van der Waals surface area contributed by atoms with Crippen LogP contribution in [0.1, 0.15) is 92.9 Å². The van der Waals surface area contributed by atoms with Crippen LogP contribution in [0.4, 0.5) is 0 Å². The summed E-state index contributed by atoms with van der Waals surface area (Å²) in [4.78, 5) is 23.9. The minimum atomic E-state index is -2.62. The monoisotopic (exact) mass is 582 g/mol. The average Bonchev–Trinajstić information content (AvgIpc) is 2.88. The third-order valence-corrected chi connectivity index (χ3v) is 11.8. The topological polar surface area (TPSA) is 108 Å². The molecule has 0 amide bonds. The van der Waals surface area contributed by atoms with E-state index in [1.165, 1.54) is 0 Å². The molecule has 0 atom stereocenters. The Kier molecular flexibility index (Phi) is 23.4. The second-order valence-electron chi connectivity index (χ2n) is 8.53. The number of esters is 2. The van der Waals surface area contributed by atoms with Gasteiger partial charge in [0.1, 0.15) is 0 Å². The summed E-state index contributed by atoms with van der Waals surface area (Å²) in [5.74, 6) is -0.764. The molecule has 10 nitrogen and oxygen atoms in total. The van der Waals surface area contributed by atoms with E-state index in [1.54, 1.807) is 0 Å². The number of unbranched alkanes of at least 4 members (excludes halogenated alkanes) is 4. The highest BCUT2D eigenvalue weighted by Gasteiger charge is 2.40. The molecule has 12 heteroatoms. The molecule has 0 spiro atoms. The Morgan fingerprint density at radius 1 is 0.447 bits per heavy atom. The van der Waals surface area contributed by atoms with E-state index in [0.717, 1.165) is 50.6 Å². The summed E-state index contributed by atoms with van der Waals surface area (Å²) in [6.45, 7) is 15.7. The lowest BCUT2D eigenvalue weighted by Crippen LogP contribution is -2.45. The zero-order chi connectivity index (χ0) is 28.5. The van der Waals surface area contributed by atoms with Crippen LogP contribution in [0.15, 0.2) is 0 Å². The smallest absolute Gasteiger partial charge is 0.466 e. The minimum Gasteiger partial charge on any atom is -0.466 e. The SMILES string of the molecule is CCO[Si](CCCCCOC(=O)CCC(=O)OCCCCC[Si](OCC)(OCC)OCC)(OCC)OCC. The second kappa shape index (κ2) is 24.0. The van der Waals surface area contributed by atoms with Gasteiger partial charge in [-0.05, 0) is 67.2 Å². The van der Waals surface area contributed by atoms with Crippen LogP contribution in [0.25, 0.3) is 0 Å². The second-order valence-corrected chi connectivity index (χ2v) is 14.0. The quantitative estimate of drug-likeness (QED) is 0.0720. The molecule has 0 unspecified atom stereocenters. The van der Waals surface area contributed by atoms with Crippen molar-refractivity contribution in [3.05, 3.63) is 0 Å². The van der Waals surface area contributed by atoms with Gasteiger partial charge in [0.2, 0.25) is 0 Å². The zero-order valence-electron chi connectivity index (χ0n) is 24.8. The van der Waals surface area contributed by atoms with Gasteiger partial charge in [-0.15, -0.1) is 0 Å². The molecule has 0 aromatic heterocycles. The van der Waals surface area contributed by atoms with Gasteiger partial charge in [0.05, 0.1) is 26.1 Å². The summed E-state index contributed by atoms with van der Waals surface area (Å²) in [6.07, 6.45) is 5.04. The molecule has 0 fully saturated rings. The fraction of sp³-hybridized carbons (Fsp3) is 0.923. The molecule has 0 aliphatic carbocycles. The van der Waals surface area contributed by atoms with Crippen molar-refractivity contribution in [1.29, 1.82) is 0 Å². The molecule has 0 saturated heterocycles. The number of ether oxygens (including phenoxy) is 2. The number of hydrogen-bond acceptors (Lipinski definition) is 10. The molecule has 0 aromatic carbocycles. The lowest BCUT2D eigenvalue weighted by atomic mass is 10.2. The Morgan fingerprint density at radius 2 is 0.737 bits per heavy atom. The van der Waals surface area contributed by atoms with Crippen molar-refractivity contribution in [2.24, 2.45) is 0 Å². The molecule has 0 heterocycles. The first kappa shape index (κ1) is 37.1. The van der Waals surface area contributed by atoms with Gasteiger partial charge in [-0.2, -0.15) is 0 Å². The summed E-state index contributed by atoms with van der Waals surface area (Å²) in [6, 6.07) is 1.49. The Morgan fingerprint density at radius 3 is 1.00 bits per heavy atom. The van der Waals surface area contributed by atoms with Crippen LogP contribution >= 0.6 is 0 Å². The number of hydrogen-bond donors (Lipinski definition) is 0. The first-order valence-electron chi connectivity index (χ1n) is 14.5. The highest BCUT2D eigenvalue weighted by atomic mass is 28.4. The Balaban J connectivity index is 3.98. The Hall–Kier alpha value is -0.866. The molecule has 0 radical (unpaired) electrons. The molecular formula is C26H54O10Si2. The summed E-state index contributed by atoms with van der Waals surface area (Å²) in [7, 11) is -5.23. The van der Waals surface area contributed by atoms with Gasteiger partial charge in [0.25, 0.3) is 0 Å². The molecule has 0 N–H and O–H groups in total. The molecule has 226 valence electrons. The van der Waals surface area contributed by atoms with E-state index >= 15 is 0 Å². The van der Waals surface area contributed by atoms with Crippen molar-refractivity contribution in [2.75, 3.05) is 52.9 Å².